The first-order valence-electron chi connectivity index (χ1n) is 6.18. The lowest BCUT2D eigenvalue weighted by atomic mass is 10.1. The monoisotopic (exact) mass is 247 g/mol. The quantitative estimate of drug-likeness (QED) is 0.832. The number of aromatic carboxylic acids is 1. The van der Waals surface area contributed by atoms with E-state index in [0.29, 0.717) is 18.9 Å². The molecule has 18 heavy (non-hydrogen) atoms. The molecule has 96 valence electrons. The first-order valence-corrected chi connectivity index (χ1v) is 6.18. The second-order valence-electron chi connectivity index (χ2n) is 4.87. The van der Waals surface area contributed by atoms with Gasteiger partial charge in [-0.3, -0.25) is 4.79 Å². The van der Waals surface area contributed by atoms with Crippen LogP contribution < -0.4 is 5.32 Å². The molecule has 2 unspecified atom stereocenters. The molecule has 1 amide bonds. The van der Waals surface area contributed by atoms with Crippen molar-refractivity contribution in [3.8, 4) is 0 Å². The Morgan fingerprint density at radius 2 is 2.17 bits per heavy atom. The van der Waals surface area contributed by atoms with E-state index in [4.69, 9.17) is 5.11 Å². The highest BCUT2D eigenvalue weighted by atomic mass is 16.4. The summed E-state index contributed by atoms with van der Waals surface area (Å²) in [4.78, 5) is 22.4. The lowest BCUT2D eigenvalue weighted by Gasteiger charge is -2.05. The first-order chi connectivity index (χ1) is 8.58. The van der Waals surface area contributed by atoms with E-state index in [1.165, 1.54) is 0 Å². The molecule has 0 aliphatic heterocycles. The number of carbonyl (C=O) groups is 2. The minimum absolute atomic E-state index is 0.122. The summed E-state index contributed by atoms with van der Waals surface area (Å²) in [5, 5.41) is 11.7. The van der Waals surface area contributed by atoms with Gasteiger partial charge in [0.2, 0.25) is 5.91 Å². The van der Waals surface area contributed by atoms with Gasteiger partial charge in [0.15, 0.2) is 0 Å². The molecule has 4 nitrogen and oxygen atoms in total. The number of hydrogen-bond acceptors (Lipinski definition) is 2. The molecule has 1 aliphatic carbocycles. The Labute approximate surface area is 106 Å². The van der Waals surface area contributed by atoms with Gasteiger partial charge in [-0.05, 0) is 36.5 Å². The van der Waals surface area contributed by atoms with Crippen molar-refractivity contribution in [2.75, 3.05) is 6.54 Å². The Kier molecular flexibility index (Phi) is 3.65. The van der Waals surface area contributed by atoms with Crippen LogP contribution in [-0.4, -0.2) is 23.5 Å². The van der Waals surface area contributed by atoms with Crippen LogP contribution in [0.1, 0.15) is 29.3 Å². The van der Waals surface area contributed by atoms with Crippen molar-refractivity contribution in [2.24, 2.45) is 11.8 Å². The van der Waals surface area contributed by atoms with E-state index in [2.05, 4.69) is 12.2 Å². The maximum atomic E-state index is 11.6. The number of benzene rings is 1. The van der Waals surface area contributed by atoms with E-state index in [-0.39, 0.29) is 17.4 Å². The third-order valence-electron chi connectivity index (χ3n) is 3.33. The van der Waals surface area contributed by atoms with Crippen molar-refractivity contribution in [3.63, 3.8) is 0 Å². The smallest absolute Gasteiger partial charge is 0.335 e. The summed E-state index contributed by atoms with van der Waals surface area (Å²) in [5.41, 5.74) is 1.22. The topological polar surface area (TPSA) is 66.4 Å². The largest absolute Gasteiger partial charge is 0.478 e. The van der Waals surface area contributed by atoms with E-state index < -0.39 is 5.97 Å². The zero-order valence-electron chi connectivity index (χ0n) is 10.3. The van der Waals surface area contributed by atoms with E-state index in [0.717, 1.165) is 12.0 Å². The predicted molar refractivity (Wildman–Crippen MR) is 67.4 cm³/mol. The zero-order valence-corrected chi connectivity index (χ0v) is 10.3. The van der Waals surface area contributed by atoms with Crippen LogP contribution in [0.2, 0.25) is 0 Å². The molecule has 0 spiro atoms. The molecule has 2 rings (SSSR count). The summed E-state index contributed by atoms with van der Waals surface area (Å²) in [5.74, 6) is -0.0970. The summed E-state index contributed by atoms with van der Waals surface area (Å²) < 4.78 is 0. The highest BCUT2D eigenvalue weighted by Gasteiger charge is 2.38. The summed E-state index contributed by atoms with van der Waals surface area (Å²) >= 11 is 0. The maximum absolute atomic E-state index is 11.6. The Balaban J connectivity index is 1.81. The Hall–Kier alpha value is -1.84. The molecule has 1 aliphatic rings. The van der Waals surface area contributed by atoms with Gasteiger partial charge in [-0.1, -0.05) is 19.1 Å². The number of carboxylic acids is 1. The third-order valence-corrected chi connectivity index (χ3v) is 3.33. The molecule has 1 aromatic rings. The van der Waals surface area contributed by atoms with Crippen molar-refractivity contribution in [1.29, 1.82) is 0 Å². The molecule has 2 N–H and O–H groups in total. The molecule has 0 radical (unpaired) electrons. The van der Waals surface area contributed by atoms with Crippen LogP contribution in [0.15, 0.2) is 24.3 Å². The summed E-state index contributed by atoms with van der Waals surface area (Å²) in [6.45, 7) is 2.63. The molecule has 2 atom stereocenters. The Morgan fingerprint density at radius 1 is 1.44 bits per heavy atom. The average molecular weight is 247 g/mol. The highest BCUT2D eigenvalue weighted by Crippen LogP contribution is 2.37. The van der Waals surface area contributed by atoms with Crippen molar-refractivity contribution in [3.05, 3.63) is 35.4 Å². The van der Waals surface area contributed by atoms with E-state index in [1.54, 1.807) is 18.2 Å². The van der Waals surface area contributed by atoms with Gasteiger partial charge in [-0.2, -0.15) is 0 Å². The second kappa shape index (κ2) is 5.21. The SMILES string of the molecule is CC1CC1C(=O)NCCc1cccc(C(=O)O)c1. The van der Waals surface area contributed by atoms with Crippen LogP contribution in [0.3, 0.4) is 0 Å². The van der Waals surface area contributed by atoms with Crippen LogP contribution in [-0.2, 0) is 11.2 Å². The first kappa shape index (κ1) is 12.6. The predicted octanol–water partition coefficient (Wildman–Crippen LogP) is 1.70. The van der Waals surface area contributed by atoms with Crippen molar-refractivity contribution in [2.45, 2.75) is 19.8 Å². The van der Waals surface area contributed by atoms with E-state index in [9.17, 15) is 9.59 Å². The van der Waals surface area contributed by atoms with Gasteiger partial charge in [0.1, 0.15) is 0 Å². The highest BCUT2D eigenvalue weighted by molar-refractivity contribution is 5.87. The number of rotatable bonds is 5. The summed E-state index contributed by atoms with van der Waals surface area (Å²) in [7, 11) is 0. The number of hydrogen-bond donors (Lipinski definition) is 2. The normalized spacial score (nSPS) is 21.4. The lowest BCUT2D eigenvalue weighted by molar-refractivity contribution is -0.122. The summed E-state index contributed by atoms with van der Waals surface area (Å²) in [6.07, 6.45) is 1.65. The molecule has 1 fully saturated rings. The van der Waals surface area contributed by atoms with Gasteiger partial charge >= 0.3 is 5.97 Å². The van der Waals surface area contributed by atoms with Crippen molar-refractivity contribution in [1.82, 2.24) is 5.32 Å². The molecular weight excluding hydrogens is 230 g/mol. The minimum atomic E-state index is -0.923. The van der Waals surface area contributed by atoms with Crippen LogP contribution in [0.5, 0.6) is 0 Å². The van der Waals surface area contributed by atoms with Gasteiger partial charge in [0, 0.05) is 12.5 Å². The summed E-state index contributed by atoms with van der Waals surface area (Å²) in [6, 6.07) is 6.81. The molecule has 4 heteroatoms. The molecule has 0 saturated heterocycles. The van der Waals surface area contributed by atoms with E-state index >= 15 is 0 Å². The van der Waals surface area contributed by atoms with Crippen LogP contribution in [0.4, 0.5) is 0 Å². The fourth-order valence-corrected chi connectivity index (χ4v) is 2.01. The molecule has 0 aromatic heterocycles. The fourth-order valence-electron chi connectivity index (χ4n) is 2.01. The van der Waals surface area contributed by atoms with Gasteiger partial charge in [-0.25, -0.2) is 4.79 Å². The average Bonchev–Trinajstić information content (AvgIpc) is 3.07. The Morgan fingerprint density at radius 3 is 2.78 bits per heavy atom. The standard InChI is InChI=1S/C14H17NO3/c1-9-7-12(9)13(16)15-6-5-10-3-2-4-11(8-10)14(17)18/h2-4,8-9,12H,5-7H2,1H3,(H,15,16)(H,17,18). The van der Waals surface area contributed by atoms with E-state index in [1.807, 2.05) is 6.07 Å². The lowest BCUT2D eigenvalue weighted by Crippen LogP contribution is -2.27. The maximum Gasteiger partial charge on any atom is 0.335 e. The van der Waals surface area contributed by atoms with Crippen molar-refractivity contribution >= 4 is 11.9 Å². The van der Waals surface area contributed by atoms with Crippen LogP contribution in [0.25, 0.3) is 0 Å². The van der Waals surface area contributed by atoms with Crippen molar-refractivity contribution < 1.29 is 14.7 Å². The van der Waals surface area contributed by atoms with Gasteiger partial charge in [0.05, 0.1) is 5.56 Å². The molecular formula is C14H17NO3. The molecule has 0 bridgehead atoms. The zero-order chi connectivity index (χ0) is 13.1. The molecule has 1 aromatic carbocycles. The molecule has 1 saturated carbocycles. The van der Waals surface area contributed by atoms with Crippen LogP contribution in [0, 0.1) is 11.8 Å². The Bertz CT molecular complexity index is 470. The van der Waals surface area contributed by atoms with Gasteiger partial charge in [0.25, 0.3) is 0 Å². The fraction of sp³-hybridized carbons (Fsp3) is 0.429. The number of carboxylic acid groups (broad SMARTS) is 1. The van der Waals surface area contributed by atoms with Gasteiger partial charge < -0.3 is 10.4 Å². The third kappa shape index (κ3) is 3.09. The minimum Gasteiger partial charge on any atom is -0.478 e. The number of amides is 1. The second-order valence-corrected chi connectivity index (χ2v) is 4.87. The molecule has 0 heterocycles. The van der Waals surface area contributed by atoms with Gasteiger partial charge in [-0.15, -0.1) is 0 Å². The van der Waals surface area contributed by atoms with Crippen LogP contribution >= 0.6 is 0 Å². The number of nitrogens with one attached hydrogen (secondary N) is 1. The number of carbonyl (C=O) groups excluding carboxylic acids is 1.